The molecule has 0 radical (unpaired) electrons. The molecule has 0 bridgehead atoms. The van der Waals surface area contributed by atoms with E-state index < -0.39 is 5.50 Å². The fourth-order valence-corrected chi connectivity index (χ4v) is 2.29. The molecule has 64 valence electrons. The van der Waals surface area contributed by atoms with Gasteiger partial charge in [-0.05, 0) is 30.1 Å². The summed E-state index contributed by atoms with van der Waals surface area (Å²) >= 11 is 1.41. The van der Waals surface area contributed by atoms with Crippen molar-refractivity contribution in [1.82, 2.24) is 0 Å². The Hall–Kier alpha value is 0.0200. The highest BCUT2D eigenvalue weighted by Gasteiger charge is 2.17. The topological polar surface area (TPSA) is 0 Å². The van der Waals surface area contributed by atoms with Gasteiger partial charge in [0.05, 0.1) is 0 Å². The van der Waals surface area contributed by atoms with Crippen LogP contribution < -0.4 is 0 Å². The largest absolute Gasteiger partial charge is 0.235 e. The van der Waals surface area contributed by atoms with Gasteiger partial charge in [0.25, 0.3) is 0 Å². The lowest BCUT2D eigenvalue weighted by molar-refractivity contribution is 0.428. The van der Waals surface area contributed by atoms with E-state index in [1.54, 1.807) is 0 Å². The van der Waals surface area contributed by atoms with Crippen molar-refractivity contribution in [2.24, 2.45) is 5.92 Å². The van der Waals surface area contributed by atoms with E-state index in [0.29, 0.717) is 12.3 Å². The van der Waals surface area contributed by atoms with Crippen LogP contribution >= 0.6 is 11.8 Å². The fourth-order valence-electron chi connectivity index (χ4n) is 1.13. The zero-order chi connectivity index (χ0) is 8.27. The van der Waals surface area contributed by atoms with Crippen molar-refractivity contribution in [2.45, 2.75) is 38.6 Å². The van der Waals surface area contributed by atoms with E-state index in [4.69, 9.17) is 0 Å². The SMILES string of the molecule is CCC(C)C1=CCCC(F)S1. The Kier molecular flexibility index (Phi) is 3.44. The molecular weight excluding hydrogens is 159 g/mol. The molecule has 1 aliphatic rings. The molecule has 1 aliphatic heterocycles. The minimum atomic E-state index is -0.649. The van der Waals surface area contributed by atoms with E-state index in [9.17, 15) is 4.39 Å². The van der Waals surface area contributed by atoms with Crippen LogP contribution in [0.15, 0.2) is 11.0 Å². The van der Waals surface area contributed by atoms with E-state index in [1.165, 1.54) is 16.7 Å². The van der Waals surface area contributed by atoms with Crippen LogP contribution in [0.2, 0.25) is 0 Å². The first kappa shape index (κ1) is 9.11. The summed E-state index contributed by atoms with van der Waals surface area (Å²) in [7, 11) is 0. The molecule has 0 nitrogen and oxygen atoms in total. The van der Waals surface area contributed by atoms with E-state index in [2.05, 4.69) is 19.9 Å². The Labute approximate surface area is 72.3 Å². The predicted molar refractivity (Wildman–Crippen MR) is 49.3 cm³/mol. The maximum atomic E-state index is 12.9. The third-order valence-electron chi connectivity index (χ3n) is 2.10. The summed E-state index contributed by atoms with van der Waals surface area (Å²) in [6.45, 7) is 4.31. The van der Waals surface area contributed by atoms with Gasteiger partial charge in [-0.1, -0.05) is 31.7 Å². The third-order valence-corrected chi connectivity index (χ3v) is 3.43. The van der Waals surface area contributed by atoms with Crippen molar-refractivity contribution in [3.05, 3.63) is 11.0 Å². The molecule has 0 aromatic rings. The molecule has 1 rings (SSSR count). The van der Waals surface area contributed by atoms with Crippen LogP contribution in [0.5, 0.6) is 0 Å². The number of hydrogen-bond acceptors (Lipinski definition) is 1. The molecule has 11 heavy (non-hydrogen) atoms. The van der Waals surface area contributed by atoms with Crippen LogP contribution in [-0.4, -0.2) is 5.50 Å². The van der Waals surface area contributed by atoms with Crippen LogP contribution in [0.3, 0.4) is 0 Å². The molecule has 0 saturated heterocycles. The standard InChI is InChI=1S/C9H15FS/c1-3-7(2)8-5-4-6-9(10)11-8/h5,7,9H,3-4,6H2,1-2H3. The summed E-state index contributed by atoms with van der Waals surface area (Å²) in [5.41, 5.74) is -0.649. The van der Waals surface area contributed by atoms with Gasteiger partial charge >= 0.3 is 0 Å². The van der Waals surface area contributed by atoms with E-state index >= 15 is 0 Å². The first-order valence-corrected chi connectivity index (χ1v) is 5.12. The second-order valence-electron chi connectivity index (χ2n) is 3.02. The number of hydrogen-bond donors (Lipinski definition) is 0. The fraction of sp³-hybridized carbons (Fsp3) is 0.778. The molecule has 0 amide bonds. The molecular formula is C9H15FS. The average Bonchev–Trinajstić information content (AvgIpc) is 2.03. The van der Waals surface area contributed by atoms with Gasteiger partial charge in [0.2, 0.25) is 0 Å². The minimum Gasteiger partial charge on any atom is -0.235 e. The van der Waals surface area contributed by atoms with E-state index in [0.717, 1.165) is 12.8 Å². The van der Waals surface area contributed by atoms with Gasteiger partial charge < -0.3 is 0 Å². The van der Waals surface area contributed by atoms with Crippen LogP contribution in [0.4, 0.5) is 4.39 Å². The molecule has 0 aromatic carbocycles. The van der Waals surface area contributed by atoms with Gasteiger partial charge in [0.1, 0.15) is 5.50 Å². The number of alkyl halides is 1. The molecule has 2 atom stereocenters. The van der Waals surface area contributed by atoms with Gasteiger partial charge in [-0.25, -0.2) is 4.39 Å². The smallest absolute Gasteiger partial charge is 0.150 e. The number of allylic oxidation sites excluding steroid dienone is 2. The van der Waals surface area contributed by atoms with Crippen molar-refractivity contribution in [2.75, 3.05) is 0 Å². The number of thioether (sulfide) groups is 1. The van der Waals surface area contributed by atoms with Gasteiger partial charge in [-0.15, -0.1) is 0 Å². The molecule has 0 saturated carbocycles. The summed E-state index contributed by atoms with van der Waals surface area (Å²) in [5, 5.41) is 0. The average molecular weight is 174 g/mol. The molecule has 1 heterocycles. The quantitative estimate of drug-likeness (QED) is 0.614. The minimum absolute atomic E-state index is 0.554. The second kappa shape index (κ2) is 4.15. The first-order valence-electron chi connectivity index (χ1n) is 4.24. The summed E-state index contributed by atoms with van der Waals surface area (Å²) in [5.74, 6) is 0.554. The summed E-state index contributed by atoms with van der Waals surface area (Å²) in [6, 6.07) is 0. The Morgan fingerprint density at radius 3 is 3.09 bits per heavy atom. The molecule has 0 aliphatic carbocycles. The Morgan fingerprint density at radius 1 is 1.82 bits per heavy atom. The summed E-state index contributed by atoms with van der Waals surface area (Å²) in [6.07, 6.45) is 4.93. The summed E-state index contributed by atoms with van der Waals surface area (Å²) < 4.78 is 12.9. The van der Waals surface area contributed by atoms with Crippen LogP contribution in [0, 0.1) is 5.92 Å². The Balaban J connectivity index is 2.50. The second-order valence-corrected chi connectivity index (χ2v) is 4.24. The van der Waals surface area contributed by atoms with Gasteiger partial charge in [-0.3, -0.25) is 0 Å². The highest BCUT2D eigenvalue weighted by atomic mass is 32.2. The predicted octanol–water partition coefficient (Wildman–Crippen LogP) is 3.74. The normalized spacial score (nSPS) is 27.9. The zero-order valence-corrected chi connectivity index (χ0v) is 7.96. The van der Waals surface area contributed by atoms with Crippen molar-refractivity contribution < 1.29 is 4.39 Å². The van der Waals surface area contributed by atoms with Crippen LogP contribution in [0.1, 0.15) is 33.1 Å². The van der Waals surface area contributed by atoms with Crippen LogP contribution in [0.25, 0.3) is 0 Å². The third kappa shape index (κ3) is 2.51. The van der Waals surface area contributed by atoms with Gasteiger partial charge in [0.15, 0.2) is 0 Å². The lowest BCUT2D eigenvalue weighted by Gasteiger charge is -2.19. The molecule has 0 fully saturated rings. The highest BCUT2D eigenvalue weighted by molar-refractivity contribution is 8.03. The Morgan fingerprint density at radius 2 is 2.55 bits per heavy atom. The van der Waals surface area contributed by atoms with E-state index in [1.807, 2.05) is 0 Å². The highest BCUT2D eigenvalue weighted by Crippen LogP contribution is 2.36. The molecule has 2 unspecified atom stereocenters. The maximum Gasteiger partial charge on any atom is 0.150 e. The summed E-state index contributed by atoms with van der Waals surface area (Å²) in [4.78, 5) is 1.26. The van der Waals surface area contributed by atoms with Gasteiger partial charge in [-0.2, -0.15) is 0 Å². The number of rotatable bonds is 2. The van der Waals surface area contributed by atoms with Crippen molar-refractivity contribution in [1.29, 1.82) is 0 Å². The van der Waals surface area contributed by atoms with Crippen LogP contribution in [-0.2, 0) is 0 Å². The molecule has 0 N–H and O–H groups in total. The molecule has 0 spiro atoms. The van der Waals surface area contributed by atoms with Gasteiger partial charge in [0, 0.05) is 0 Å². The Bertz CT molecular complexity index is 154. The number of halogens is 1. The van der Waals surface area contributed by atoms with Crippen molar-refractivity contribution >= 4 is 11.8 Å². The molecule has 0 aromatic heterocycles. The monoisotopic (exact) mass is 174 g/mol. The first-order chi connectivity index (χ1) is 5.24. The lowest BCUT2D eigenvalue weighted by atomic mass is 10.1. The zero-order valence-electron chi connectivity index (χ0n) is 7.14. The maximum absolute atomic E-state index is 12.9. The lowest BCUT2D eigenvalue weighted by Crippen LogP contribution is -2.04. The van der Waals surface area contributed by atoms with E-state index in [-0.39, 0.29) is 0 Å². The molecule has 2 heteroatoms. The van der Waals surface area contributed by atoms with Crippen molar-refractivity contribution in [3.63, 3.8) is 0 Å². The van der Waals surface area contributed by atoms with Crippen molar-refractivity contribution in [3.8, 4) is 0 Å².